The van der Waals surface area contributed by atoms with Crippen molar-refractivity contribution in [1.82, 2.24) is 4.90 Å². The van der Waals surface area contributed by atoms with E-state index in [-0.39, 0.29) is 12.1 Å². The molecule has 0 N–H and O–H groups in total. The molecule has 0 aliphatic carbocycles. The van der Waals surface area contributed by atoms with Crippen LogP contribution in [0, 0.1) is 5.92 Å². The molecule has 0 radical (unpaired) electrons. The lowest BCUT2D eigenvalue weighted by Crippen LogP contribution is -2.42. The lowest BCUT2D eigenvalue weighted by Gasteiger charge is -2.31. The van der Waals surface area contributed by atoms with Crippen LogP contribution >= 0.6 is 0 Å². The molecule has 4 heteroatoms. The molecule has 0 unspecified atom stereocenters. The molecule has 0 aliphatic heterocycles. The SMILES string of the molecule is COC/C(C)=C/[C@H](C(C)C)N(C)C(=O)OC(C)(C)C. The van der Waals surface area contributed by atoms with Gasteiger partial charge in [-0.15, -0.1) is 0 Å². The first kappa shape index (κ1) is 18.0. The summed E-state index contributed by atoms with van der Waals surface area (Å²) < 4.78 is 10.5. The van der Waals surface area contributed by atoms with Crippen LogP contribution < -0.4 is 0 Å². The van der Waals surface area contributed by atoms with Crippen molar-refractivity contribution in [3.05, 3.63) is 11.6 Å². The monoisotopic (exact) mass is 271 g/mol. The number of likely N-dealkylation sites (N-methyl/N-ethyl adjacent to an activating group) is 1. The number of ether oxygens (including phenoxy) is 2. The average Bonchev–Trinajstić information content (AvgIpc) is 2.22. The van der Waals surface area contributed by atoms with Crippen LogP contribution in [0.2, 0.25) is 0 Å². The molecule has 1 atom stereocenters. The van der Waals surface area contributed by atoms with Gasteiger partial charge in [-0.1, -0.05) is 19.9 Å². The van der Waals surface area contributed by atoms with Crippen molar-refractivity contribution in [3.63, 3.8) is 0 Å². The zero-order valence-corrected chi connectivity index (χ0v) is 13.6. The maximum absolute atomic E-state index is 12.1. The molecule has 112 valence electrons. The third-order valence-corrected chi connectivity index (χ3v) is 2.64. The van der Waals surface area contributed by atoms with E-state index in [0.717, 1.165) is 5.57 Å². The minimum atomic E-state index is -0.474. The van der Waals surface area contributed by atoms with Gasteiger partial charge in [0.25, 0.3) is 0 Å². The van der Waals surface area contributed by atoms with Gasteiger partial charge in [0.15, 0.2) is 0 Å². The van der Waals surface area contributed by atoms with Crippen LogP contribution in [0.4, 0.5) is 4.79 Å². The number of carbonyl (C=O) groups is 1. The molecule has 0 aromatic carbocycles. The van der Waals surface area contributed by atoms with Gasteiger partial charge in [0.05, 0.1) is 12.6 Å². The van der Waals surface area contributed by atoms with Gasteiger partial charge in [-0.25, -0.2) is 4.79 Å². The summed E-state index contributed by atoms with van der Waals surface area (Å²) in [5.41, 5.74) is 0.634. The van der Waals surface area contributed by atoms with E-state index < -0.39 is 5.60 Å². The van der Waals surface area contributed by atoms with Crippen LogP contribution in [0.1, 0.15) is 41.5 Å². The van der Waals surface area contributed by atoms with Crippen molar-refractivity contribution < 1.29 is 14.3 Å². The Morgan fingerprint density at radius 2 is 1.84 bits per heavy atom. The summed E-state index contributed by atoms with van der Waals surface area (Å²) >= 11 is 0. The van der Waals surface area contributed by atoms with Gasteiger partial charge in [0.1, 0.15) is 5.60 Å². The highest BCUT2D eigenvalue weighted by atomic mass is 16.6. The lowest BCUT2D eigenvalue weighted by molar-refractivity contribution is 0.0222. The molecule has 19 heavy (non-hydrogen) atoms. The molecule has 1 amide bonds. The van der Waals surface area contributed by atoms with Crippen molar-refractivity contribution >= 4 is 6.09 Å². The van der Waals surface area contributed by atoms with Gasteiger partial charge in [-0.3, -0.25) is 0 Å². The summed E-state index contributed by atoms with van der Waals surface area (Å²) in [6.45, 7) is 12.4. The quantitative estimate of drug-likeness (QED) is 0.719. The van der Waals surface area contributed by atoms with E-state index in [2.05, 4.69) is 19.9 Å². The van der Waals surface area contributed by atoms with Crippen LogP contribution in [0.3, 0.4) is 0 Å². The predicted molar refractivity (Wildman–Crippen MR) is 78.3 cm³/mol. The van der Waals surface area contributed by atoms with Crippen LogP contribution in [-0.4, -0.2) is 43.4 Å². The Labute approximate surface area is 117 Å². The number of hydrogen-bond acceptors (Lipinski definition) is 3. The topological polar surface area (TPSA) is 38.8 Å². The summed E-state index contributed by atoms with van der Waals surface area (Å²) in [5.74, 6) is 0.310. The maximum atomic E-state index is 12.1. The summed E-state index contributed by atoms with van der Waals surface area (Å²) in [6.07, 6.45) is 1.77. The van der Waals surface area contributed by atoms with Crippen molar-refractivity contribution in [1.29, 1.82) is 0 Å². The minimum absolute atomic E-state index is 0.00463. The number of amides is 1. The highest BCUT2D eigenvalue weighted by Crippen LogP contribution is 2.17. The number of rotatable bonds is 5. The van der Waals surface area contributed by atoms with E-state index in [4.69, 9.17) is 9.47 Å². The van der Waals surface area contributed by atoms with E-state index in [9.17, 15) is 4.79 Å². The van der Waals surface area contributed by atoms with Crippen LogP contribution in [-0.2, 0) is 9.47 Å². The van der Waals surface area contributed by atoms with E-state index in [1.54, 1.807) is 19.1 Å². The van der Waals surface area contributed by atoms with Crippen molar-refractivity contribution in [2.75, 3.05) is 20.8 Å². The average molecular weight is 271 g/mol. The Bertz CT molecular complexity index is 316. The van der Waals surface area contributed by atoms with Gasteiger partial charge in [-0.2, -0.15) is 0 Å². The number of methoxy groups -OCH3 is 1. The minimum Gasteiger partial charge on any atom is -0.444 e. The second kappa shape index (κ2) is 7.53. The van der Waals surface area contributed by atoms with Gasteiger partial charge in [-0.05, 0) is 39.2 Å². The van der Waals surface area contributed by atoms with Crippen molar-refractivity contribution in [2.45, 2.75) is 53.2 Å². The lowest BCUT2D eigenvalue weighted by atomic mass is 10.0. The molecule has 0 bridgehead atoms. The number of carbonyl (C=O) groups excluding carboxylic acids is 1. The first-order valence-electron chi connectivity index (χ1n) is 6.70. The van der Waals surface area contributed by atoms with Crippen molar-refractivity contribution in [3.8, 4) is 0 Å². The van der Waals surface area contributed by atoms with E-state index in [1.807, 2.05) is 27.7 Å². The largest absolute Gasteiger partial charge is 0.444 e. The Morgan fingerprint density at radius 3 is 2.21 bits per heavy atom. The molecule has 0 spiro atoms. The number of nitrogens with zero attached hydrogens (tertiary/aromatic N) is 1. The zero-order valence-electron chi connectivity index (χ0n) is 13.6. The first-order valence-corrected chi connectivity index (χ1v) is 6.70. The van der Waals surface area contributed by atoms with Gasteiger partial charge in [0, 0.05) is 14.2 Å². The molecule has 4 nitrogen and oxygen atoms in total. The Morgan fingerprint density at radius 1 is 1.32 bits per heavy atom. The standard InChI is InChI=1S/C15H29NO3/c1-11(2)13(9-12(3)10-18-8)16(7)14(17)19-15(4,5)6/h9,11,13H,10H2,1-8H3/b12-9+/t13-/m1/s1. The molecule has 0 heterocycles. The maximum Gasteiger partial charge on any atom is 0.410 e. The highest BCUT2D eigenvalue weighted by Gasteiger charge is 2.26. The van der Waals surface area contributed by atoms with Crippen LogP contribution in [0.5, 0.6) is 0 Å². The smallest absolute Gasteiger partial charge is 0.410 e. The molecule has 0 saturated heterocycles. The molecule has 0 rings (SSSR count). The van der Waals surface area contributed by atoms with Crippen molar-refractivity contribution in [2.24, 2.45) is 5.92 Å². The number of hydrogen-bond donors (Lipinski definition) is 0. The van der Waals surface area contributed by atoms with Crippen LogP contribution in [0.25, 0.3) is 0 Å². The second-order valence-corrected chi connectivity index (χ2v) is 6.27. The fraction of sp³-hybridized carbons (Fsp3) is 0.800. The third kappa shape index (κ3) is 7.21. The third-order valence-electron chi connectivity index (χ3n) is 2.64. The van der Waals surface area contributed by atoms with Crippen LogP contribution in [0.15, 0.2) is 11.6 Å². The molecular formula is C15H29NO3. The predicted octanol–water partition coefficient (Wildman–Crippen LogP) is 3.47. The second-order valence-electron chi connectivity index (χ2n) is 6.27. The molecule has 0 fully saturated rings. The van der Waals surface area contributed by atoms with Gasteiger partial charge in [0.2, 0.25) is 0 Å². The molecule has 0 aromatic rings. The molecule has 0 aromatic heterocycles. The van der Waals surface area contributed by atoms with Gasteiger partial charge < -0.3 is 14.4 Å². The highest BCUT2D eigenvalue weighted by molar-refractivity contribution is 5.68. The summed E-state index contributed by atoms with van der Waals surface area (Å²) in [7, 11) is 3.44. The van der Waals surface area contributed by atoms with E-state index in [1.165, 1.54) is 0 Å². The Kier molecular flexibility index (Phi) is 7.12. The Hall–Kier alpha value is -1.03. The Balaban J connectivity index is 4.89. The molecule has 0 aliphatic rings. The molecule has 0 saturated carbocycles. The summed E-state index contributed by atoms with van der Waals surface area (Å²) in [6, 6.07) is 0.00463. The summed E-state index contributed by atoms with van der Waals surface area (Å²) in [4.78, 5) is 13.7. The van der Waals surface area contributed by atoms with E-state index in [0.29, 0.717) is 12.5 Å². The summed E-state index contributed by atoms with van der Waals surface area (Å²) in [5, 5.41) is 0. The fourth-order valence-corrected chi connectivity index (χ4v) is 1.77. The molecular weight excluding hydrogens is 242 g/mol. The zero-order chi connectivity index (χ0) is 15.2. The fourth-order valence-electron chi connectivity index (χ4n) is 1.77. The normalized spacial score (nSPS) is 14.5. The first-order chi connectivity index (χ1) is 8.58. The van der Waals surface area contributed by atoms with Gasteiger partial charge >= 0.3 is 6.09 Å². The van der Waals surface area contributed by atoms with E-state index >= 15 is 0 Å².